The molecular weight excluding hydrogens is 272 g/mol. The van der Waals surface area contributed by atoms with Crippen molar-refractivity contribution in [2.45, 2.75) is 39.5 Å². The average molecular weight is 296 g/mol. The van der Waals surface area contributed by atoms with Crippen LogP contribution in [0.1, 0.15) is 37.4 Å². The van der Waals surface area contributed by atoms with Crippen molar-refractivity contribution < 1.29 is 14.7 Å². The lowest BCUT2D eigenvalue weighted by molar-refractivity contribution is -0.137. The van der Waals surface area contributed by atoms with Crippen LogP contribution in [0, 0.1) is 12.8 Å². The van der Waals surface area contributed by atoms with E-state index >= 15 is 0 Å². The molecule has 7 heteroatoms. The molecule has 1 unspecified atom stereocenters. The van der Waals surface area contributed by atoms with Crippen LogP contribution in [0.4, 0.5) is 4.79 Å². The number of aromatic nitrogens is 2. The molecule has 0 spiro atoms. The van der Waals surface area contributed by atoms with E-state index in [4.69, 9.17) is 5.11 Å². The van der Waals surface area contributed by atoms with Crippen LogP contribution in [-0.4, -0.2) is 40.4 Å². The largest absolute Gasteiger partial charge is 0.481 e. The Labute approximate surface area is 124 Å². The Morgan fingerprint density at radius 2 is 2.19 bits per heavy atom. The number of hydrogen-bond acceptors (Lipinski definition) is 3. The summed E-state index contributed by atoms with van der Waals surface area (Å²) in [5, 5.41) is 20.9. The zero-order valence-electron chi connectivity index (χ0n) is 12.6. The molecule has 0 saturated heterocycles. The predicted molar refractivity (Wildman–Crippen MR) is 79.1 cm³/mol. The first kappa shape index (κ1) is 17.0. The molecule has 1 atom stereocenters. The van der Waals surface area contributed by atoms with E-state index in [1.165, 1.54) is 5.56 Å². The summed E-state index contributed by atoms with van der Waals surface area (Å²) in [5.41, 5.74) is 2.23. The van der Waals surface area contributed by atoms with Crippen molar-refractivity contribution in [3.8, 4) is 0 Å². The monoisotopic (exact) mass is 296 g/mol. The summed E-state index contributed by atoms with van der Waals surface area (Å²) in [4.78, 5) is 22.0. The van der Waals surface area contributed by atoms with Gasteiger partial charge in [-0.3, -0.25) is 9.89 Å². The van der Waals surface area contributed by atoms with E-state index in [1.807, 2.05) is 13.8 Å². The van der Waals surface area contributed by atoms with E-state index in [1.54, 1.807) is 6.20 Å². The van der Waals surface area contributed by atoms with Crippen LogP contribution in [-0.2, 0) is 11.2 Å². The van der Waals surface area contributed by atoms with Crippen LogP contribution in [0.2, 0.25) is 0 Å². The SMILES string of the molecule is Cc1[nH]ncc1CCCNC(=O)NCC(C)CCC(=O)O. The van der Waals surface area contributed by atoms with Gasteiger partial charge in [-0.15, -0.1) is 0 Å². The average Bonchev–Trinajstić information content (AvgIpc) is 2.84. The number of aliphatic carboxylic acids is 1. The summed E-state index contributed by atoms with van der Waals surface area (Å²) >= 11 is 0. The van der Waals surface area contributed by atoms with E-state index in [-0.39, 0.29) is 18.4 Å². The number of urea groups is 1. The molecule has 0 saturated carbocycles. The molecule has 118 valence electrons. The molecule has 0 radical (unpaired) electrons. The second kappa shape index (κ2) is 8.99. The van der Waals surface area contributed by atoms with Crippen molar-refractivity contribution in [3.05, 3.63) is 17.5 Å². The third kappa shape index (κ3) is 7.34. The van der Waals surface area contributed by atoms with Gasteiger partial charge in [-0.25, -0.2) is 4.79 Å². The lowest BCUT2D eigenvalue weighted by Crippen LogP contribution is -2.38. The van der Waals surface area contributed by atoms with Gasteiger partial charge >= 0.3 is 12.0 Å². The number of carboxylic acids is 1. The van der Waals surface area contributed by atoms with E-state index in [2.05, 4.69) is 20.8 Å². The van der Waals surface area contributed by atoms with Crippen LogP contribution in [0.3, 0.4) is 0 Å². The highest BCUT2D eigenvalue weighted by atomic mass is 16.4. The van der Waals surface area contributed by atoms with Crippen molar-refractivity contribution in [1.29, 1.82) is 0 Å². The Morgan fingerprint density at radius 1 is 1.43 bits per heavy atom. The summed E-state index contributed by atoms with van der Waals surface area (Å²) < 4.78 is 0. The van der Waals surface area contributed by atoms with Gasteiger partial charge in [0.25, 0.3) is 0 Å². The minimum absolute atomic E-state index is 0.133. The van der Waals surface area contributed by atoms with Crippen molar-refractivity contribution in [3.63, 3.8) is 0 Å². The molecular formula is C14H24N4O3. The molecule has 21 heavy (non-hydrogen) atoms. The number of H-pyrrole nitrogens is 1. The number of aromatic amines is 1. The molecule has 1 aromatic rings. The third-order valence-electron chi connectivity index (χ3n) is 3.30. The number of hydrogen-bond donors (Lipinski definition) is 4. The molecule has 1 aromatic heterocycles. The zero-order chi connectivity index (χ0) is 15.7. The predicted octanol–water partition coefficient (Wildman–Crippen LogP) is 1.45. The Bertz CT molecular complexity index is 459. The first-order chi connectivity index (χ1) is 9.99. The topological polar surface area (TPSA) is 107 Å². The second-order valence-electron chi connectivity index (χ2n) is 5.30. The molecule has 0 fully saturated rings. The van der Waals surface area contributed by atoms with E-state index in [0.29, 0.717) is 19.5 Å². The number of amides is 2. The first-order valence-electron chi connectivity index (χ1n) is 7.21. The number of nitrogens with one attached hydrogen (secondary N) is 3. The normalized spacial score (nSPS) is 11.9. The van der Waals surface area contributed by atoms with Gasteiger partial charge in [0.1, 0.15) is 0 Å². The molecule has 7 nitrogen and oxygen atoms in total. The first-order valence-corrected chi connectivity index (χ1v) is 7.21. The molecule has 1 rings (SSSR count). The van der Waals surface area contributed by atoms with Crippen LogP contribution < -0.4 is 10.6 Å². The number of carbonyl (C=O) groups excluding carboxylic acids is 1. The van der Waals surface area contributed by atoms with Gasteiger partial charge in [-0.05, 0) is 37.7 Å². The van der Waals surface area contributed by atoms with Gasteiger partial charge < -0.3 is 15.7 Å². The smallest absolute Gasteiger partial charge is 0.314 e. The number of rotatable bonds is 9. The van der Waals surface area contributed by atoms with Gasteiger partial charge in [0.05, 0.1) is 6.20 Å². The number of carbonyl (C=O) groups is 2. The maximum absolute atomic E-state index is 11.6. The Hall–Kier alpha value is -2.05. The number of carboxylic acid groups (broad SMARTS) is 1. The Kier molecular flexibility index (Phi) is 7.28. The summed E-state index contributed by atoms with van der Waals surface area (Å²) in [7, 11) is 0. The fourth-order valence-corrected chi connectivity index (χ4v) is 1.91. The zero-order valence-corrected chi connectivity index (χ0v) is 12.6. The van der Waals surface area contributed by atoms with Gasteiger partial charge in [0.2, 0.25) is 0 Å². The lowest BCUT2D eigenvalue weighted by Gasteiger charge is -2.12. The quantitative estimate of drug-likeness (QED) is 0.517. The highest BCUT2D eigenvalue weighted by Gasteiger charge is 2.07. The van der Waals surface area contributed by atoms with E-state index in [0.717, 1.165) is 18.5 Å². The minimum Gasteiger partial charge on any atom is -0.481 e. The molecule has 4 N–H and O–H groups in total. The maximum atomic E-state index is 11.6. The summed E-state index contributed by atoms with van der Waals surface area (Å²) in [5.74, 6) is -0.652. The van der Waals surface area contributed by atoms with Crippen LogP contribution >= 0.6 is 0 Å². The molecule has 0 aliphatic heterocycles. The van der Waals surface area contributed by atoms with Crippen LogP contribution in [0.5, 0.6) is 0 Å². The maximum Gasteiger partial charge on any atom is 0.314 e. The molecule has 0 aliphatic carbocycles. The van der Waals surface area contributed by atoms with Gasteiger partial charge in [0.15, 0.2) is 0 Å². The number of aryl methyl sites for hydroxylation is 2. The standard InChI is InChI=1S/C14H24N4O3/c1-10(5-6-13(19)20)8-16-14(21)15-7-3-4-12-9-17-18-11(12)2/h9-10H,3-8H2,1-2H3,(H,17,18)(H,19,20)(H2,15,16,21). The lowest BCUT2D eigenvalue weighted by atomic mass is 10.1. The Balaban J connectivity index is 2.06. The fraction of sp³-hybridized carbons (Fsp3) is 0.643. The van der Waals surface area contributed by atoms with Gasteiger partial charge in [-0.2, -0.15) is 5.10 Å². The van der Waals surface area contributed by atoms with Gasteiger partial charge in [-0.1, -0.05) is 6.92 Å². The fourth-order valence-electron chi connectivity index (χ4n) is 1.91. The van der Waals surface area contributed by atoms with Crippen molar-refractivity contribution in [1.82, 2.24) is 20.8 Å². The highest BCUT2D eigenvalue weighted by Crippen LogP contribution is 2.05. The highest BCUT2D eigenvalue weighted by molar-refractivity contribution is 5.73. The van der Waals surface area contributed by atoms with Crippen molar-refractivity contribution >= 4 is 12.0 Å². The molecule has 1 heterocycles. The second-order valence-corrected chi connectivity index (χ2v) is 5.30. The summed E-state index contributed by atoms with van der Waals surface area (Å²) in [6.07, 6.45) is 4.23. The van der Waals surface area contributed by atoms with E-state index < -0.39 is 5.97 Å². The van der Waals surface area contributed by atoms with Crippen molar-refractivity contribution in [2.24, 2.45) is 5.92 Å². The van der Waals surface area contributed by atoms with Gasteiger partial charge in [0, 0.05) is 25.2 Å². The summed E-state index contributed by atoms with van der Waals surface area (Å²) in [6, 6.07) is -0.207. The summed E-state index contributed by atoms with van der Waals surface area (Å²) in [6.45, 7) is 4.98. The van der Waals surface area contributed by atoms with Crippen LogP contribution in [0.15, 0.2) is 6.20 Å². The minimum atomic E-state index is -0.805. The van der Waals surface area contributed by atoms with E-state index in [9.17, 15) is 9.59 Å². The molecule has 0 aromatic carbocycles. The number of nitrogens with zero attached hydrogens (tertiary/aromatic N) is 1. The molecule has 0 bridgehead atoms. The third-order valence-corrected chi connectivity index (χ3v) is 3.30. The Morgan fingerprint density at radius 3 is 2.81 bits per heavy atom. The molecule has 2 amide bonds. The van der Waals surface area contributed by atoms with Crippen molar-refractivity contribution in [2.75, 3.05) is 13.1 Å². The molecule has 0 aliphatic rings. The van der Waals surface area contributed by atoms with Crippen LogP contribution in [0.25, 0.3) is 0 Å².